The lowest BCUT2D eigenvalue weighted by atomic mass is 9.69. The molecule has 0 radical (unpaired) electrons. The summed E-state index contributed by atoms with van der Waals surface area (Å²) in [6.45, 7) is 0.712. The number of hydrogen-bond donors (Lipinski definition) is 0. The summed E-state index contributed by atoms with van der Waals surface area (Å²) < 4.78 is 54.2. The minimum Gasteiger partial charge on any atom is -0.459 e. The second-order valence-corrected chi connectivity index (χ2v) is 7.47. The minimum atomic E-state index is -4.26. The Balaban J connectivity index is 1.71. The van der Waals surface area contributed by atoms with Crippen LogP contribution in [0.1, 0.15) is 64.7 Å². The van der Waals surface area contributed by atoms with Crippen molar-refractivity contribution in [2.45, 2.75) is 77.1 Å². The fourth-order valence-electron chi connectivity index (χ4n) is 4.24. The smallest absolute Gasteiger partial charge is 0.340 e. The van der Waals surface area contributed by atoms with Crippen LogP contribution < -0.4 is 0 Å². The molecule has 0 aromatic heterocycles. The molecule has 140 valence electrons. The average Bonchev–Trinajstić information content (AvgIpc) is 2.60. The third-order valence-corrected chi connectivity index (χ3v) is 5.97. The predicted molar refractivity (Wildman–Crippen MR) is 83.1 cm³/mol. The molecule has 2 nitrogen and oxygen atoms in total. The molecule has 2 aliphatic rings. The Kier molecular flexibility index (Phi) is 6.93. The summed E-state index contributed by atoms with van der Waals surface area (Å²) in [4.78, 5) is 11.8. The van der Waals surface area contributed by atoms with Crippen LogP contribution in [-0.4, -0.2) is 24.9 Å². The van der Waals surface area contributed by atoms with Gasteiger partial charge in [-0.2, -0.15) is 8.78 Å². The second kappa shape index (κ2) is 8.52. The van der Waals surface area contributed by atoms with Crippen LogP contribution in [0.2, 0.25) is 0 Å². The molecule has 0 spiro atoms. The summed E-state index contributed by atoms with van der Waals surface area (Å²) in [6, 6.07) is 0. The lowest BCUT2D eigenvalue weighted by molar-refractivity contribution is -0.183. The molecule has 0 atom stereocenters. The van der Waals surface area contributed by atoms with Gasteiger partial charge in [0.25, 0.3) is 0 Å². The van der Waals surface area contributed by atoms with Crippen LogP contribution in [-0.2, 0) is 9.53 Å². The first kappa shape index (κ1) is 19.5. The third kappa shape index (κ3) is 5.09. The van der Waals surface area contributed by atoms with Crippen LogP contribution in [0.3, 0.4) is 0 Å². The van der Waals surface area contributed by atoms with Gasteiger partial charge in [0.15, 0.2) is 6.61 Å². The first-order valence-electron chi connectivity index (χ1n) is 9.16. The molecule has 0 N–H and O–H groups in total. The first-order chi connectivity index (χ1) is 11.3. The van der Waals surface area contributed by atoms with E-state index in [1.54, 1.807) is 0 Å². The lowest BCUT2D eigenvalue weighted by Crippen LogP contribution is -2.35. The van der Waals surface area contributed by atoms with E-state index >= 15 is 0 Å². The molecule has 0 heterocycles. The van der Waals surface area contributed by atoms with Gasteiger partial charge in [-0.25, -0.2) is 8.78 Å². The molecule has 0 bridgehead atoms. The van der Waals surface area contributed by atoms with Crippen LogP contribution in [0.4, 0.5) is 17.6 Å². The highest BCUT2D eigenvalue weighted by Crippen LogP contribution is 2.42. The molecular weight excluding hydrogens is 324 g/mol. The van der Waals surface area contributed by atoms with Crippen molar-refractivity contribution in [1.29, 1.82) is 0 Å². The van der Waals surface area contributed by atoms with Crippen molar-refractivity contribution in [2.24, 2.45) is 23.7 Å². The molecule has 0 saturated heterocycles. The first-order valence-corrected chi connectivity index (χ1v) is 9.16. The number of carbonyl (C=O) groups is 1. The Morgan fingerprint density at radius 3 is 1.96 bits per heavy atom. The molecule has 24 heavy (non-hydrogen) atoms. The predicted octanol–water partition coefficient (Wildman–Crippen LogP) is 5.45. The molecule has 2 fully saturated rings. The largest absolute Gasteiger partial charge is 0.459 e. The lowest BCUT2D eigenvalue weighted by Gasteiger charge is -2.37. The van der Waals surface area contributed by atoms with Gasteiger partial charge in [-0.1, -0.05) is 26.2 Å². The number of esters is 1. The van der Waals surface area contributed by atoms with Gasteiger partial charge in [0, 0.05) is 0 Å². The van der Waals surface area contributed by atoms with Crippen LogP contribution in [0, 0.1) is 23.7 Å². The molecule has 0 aliphatic heterocycles. The van der Waals surface area contributed by atoms with Crippen molar-refractivity contribution >= 4 is 5.97 Å². The Labute approximate surface area is 141 Å². The van der Waals surface area contributed by atoms with E-state index < -0.39 is 30.8 Å². The van der Waals surface area contributed by atoms with E-state index in [2.05, 4.69) is 11.7 Å². The van der Waals surface area contributed by atoms with E-state index in [1.807, 2.05) is 0 Å². The van der Waals surface area contributed by atoms with Gasteiger partial charge in [0.2, 0.25) is 0 Å². The van der Waals surface area contributed by atoms with Crippen LogP contribution >= 0.6 is 0 Å². The van der Waals surface area contributed by atoms with E-state index in [0.29, 0.717) is 24.7 Å². The normalized spacial score (nSPS) is 31.9. The summed E-state index contributed by atoms with van der Waals surface area (Å²) in [5, 5.41) is 0. The summed E-state index contributed by atoms with van der Waals surface area (Å²) in [5.41, 5.74) is 0. The number of ether oxygens (including phenoxy) is 1. The highest BCUT2D eigenvalue weighted by atomic mass is 19.3. The quantitative estimate of drug-likeness (QED) is 0.469. The molecule has 0 amide bonds. The van der Waals surface area contributed by atoms with Crippen molar-refractivity contribution in [3.8, 4) is 0 Å². The van der Waals surface area contributed by atoms with Crippen molar-refractivity contribution in [1.82, 2.24) is 0 Å². The third-order valence-electron chi connectivity index (χ3n) is 5.97. The van der Waals surface area contributed by atoms with E-state index in [1.165, 1.54) is 32.1 Å². The Morgan fingerprint density at radius 2 is 1.50 bits per heavy atom. The number of hydrogen-bond acceptors (Lipinski definition) is 2. The van der Waals surface area contributed by atoms with Gasteiger partial charge < -0.3 is 4.74 Å². The monoisotopic (exact) mass is 352 g/mol. The molecule has 0 unspecified atom stereocenters. The maximum Gasteiger partial charge on any atom is 0.340 e. The van der Waals surface area contributed by atoms with Crippen molar-refractivity contribution < 1.29 is 27.1 Å². The average molecular weight is 352 g/mol. The Hall–Kier alpha value is -0.810. The molecule has 2 saturated carbocycles. The minimum absolute atomic E-state index is 0.415. The summed E-state index contributed by atoms with van der Waals surface area (Å²) in [5.74, 6) is -3.25. The van der Waals surface area contributed by atoms with Crippen LogP contribution in [0.15, 0.2) is 0 Å². The topological polar surface area (TPSA) is 26.3 Å². The maximum atomic E-state index is 12.8. The van der Waals surface area contributed by atoms with E-state index in [0.717, 1.165) is 18.8 Å². The Bertz CT molecular complexity index is 398. The standard InChI is InChI=1S/C18H28F4O2/c1-2-12-3-5-13(6-4-12)14-7-9-15(10-8-14)16(23)24-11-18(21,22)17(19)20/h12-15,17H,2-11H2,1H3/t12-,13-,14-,15-. The zero-order valence-corrected chi connectivity index (χ0v) is 14.3. The highest BCUT2D eigenvalue weighted by Gasteiger charge is 2.43. The zero-order chi connectivity index (χ0) is 17.7. The van der Waals surface area contributed by atoms with E-state index in [9.17, 15) is 22.4 Å². The highest BCUT2D eigenvalue weighted by molar-refractivity contribution is 5.72. The van der Waals surface area contributed by atoms with Gasteiger partial charge in [0.1, 0.15) is 0 Å². The second-order valence-electron chi connectivity index (χ2n) is 7.47. The van der Waals surface area contributed by atoms with E-state index in [-0.39, 0.29) is 0 Å². The van der Waals surface area contributed by atoms with Crippen LogP contribution in [0.25, 0.3) is 0 Å². The van der Waals surface area contributed by atoms with Crippen LogP contribution in [0.5, 0.6) is 0 Å². The number of halogens is 4. The fourth-order valence-corrected chi connectivity index (χ4v) is 4.24. The summed E-state index contributed by atoms with van der Waals surface area (Å²) in [7, 11) is 0. The molecule has 2 rings (SSSR count). The van der Waals surface area contributed by atoms with Crippen molar-refractivity contribution in [3.05, 3.63) is 0 Å². The number of carbonyl (C=O) groups excluding carboxylic acids is 1. The van der Waals surface area contributed by atoms with Gasteiger partial charge in [-0.3, -0.25) is 4.79 Å². The molecular formula is C18H28F4O2. The van der Waals surface area contributed by atoms with Crippen molar-refractivity contribution in [2.75, 3.05) is 6.61 Å². The van der Waals surface area contributed by atoms with Crippen molar-refractivity contribution in [3.63, 3.8) is 0 Å². The van der Waals surface area contributed by atoms with Gasteiger partial charge in [-0.15, -0.1) is 0 Å². The number of alkyl halides is 4. The Morgan fingerprint density at radius 1 is 1.00 bits per heavy atom. The van der Waals surface area contributed by atoms with Gasteiger partial charge in [0.05, 0.1) is 5.92 Å². The zero-order valence-electron chi connectivity index (χ0n) is 14.3. The number of rotatable bonds is 6. The summed E-state index contributed by atoms with van der Waals surface area (Å²) >= 11 is 0. The summed E-state index contributed by atoms with van der Waals surface area (Å²) in [6.07, 6.45) is 5.57. The van der Waals surface area contributed by atoms with Gasteiger partial charge >= 0.3 is 18.3 Å². The molecule has 2 aliphatic carbocycles. The molecule has 0 aromatic rings. The SMILES string of the molecule is CC[C@H]1CC[C@H]([C@H]2CC[C@H](C(=O)OCC(F)(F)C(F)F)CC2)CC1. The van der Waals surface area contributed by atoms with Gasteiger partial charge in [-0.05, 0) is 56.3 Å². The fraction of sp³-hybridized carbons (Fsp3) is 0.944. The molecule has 0 aromatic carbocycles. The van der Waals surface area contributed by atoms with E-state index in [4.69, 9.17) is 0 Å². The maximum absolute atomic E-state index is 12.8. The molecule has 6 heteroatoms.